The number of hydrogen-bond acceptors (Lipinski definition) is 7. The standard InChI is InChI=1S/C25H26N4O5/c1-4-5-9-22-27-24(30)19(14-17-10-12-18(13-11-17)28-16-34-15-26-28)25(31)29(22)23-20(32-2)7-6-8-21(23)33-3/h6-8,10-13,15-16H,4-5,9,14H2,1-3H3/p+1. The summed E-state index contributed by atoms with van der Waals surface area (Å²) in [7, 11) is 3.08. The van der Waals surface area contributed by atoms with Gasteiger partial charge in [0.2, 0.25) is 11.6 Å². The minimum absolute atomic E-state index is 0.190. The smallest absolute Gasteiger partial charge is 0.367 e. The molecule has 2 aromatic carbocycles. The average molecular weight is 464 g/mol. The van der Waals surface area contributed by atoms with Crippen LogP contribution >= 0.6 is 0 Å². The topological polar surface area (TPSA) is 103 Å². The van der Waals surface area contributed by atoms with E-state index in [0.717, 1.165) is 24.1 Å². The number of para-hydroxylation sites is 1. The van der Waals surface area contributed by atoms with Gasteiger partial charge in [-0.3, -0.25) is 9.36 Å². The van der Waals surface area contributed by atoms with E-state index < -0.39 is 0 Å². The van der Waals surface area contributed by atoms with Crippen LogP contribution in [-0.4, -0.2) is 34.0 Å². The highest BCUT2D eigenvalue weighted by molar-refractivity contribution is 5.58. The van der Waals surface area contributed by atoms with Crippen molar-refractivity contribution in [2.45, 2.75) is 32.6 Å². The van der Waals surface area contributed by atoms with Gasteiger partial charge in [0.05, 0.1) is 19.8 Å². The predicted molar refractivity (Wildman–Crippen MR) is 124 cm³/mol. The highest BCUT2D eigenvalue weighted by Gasteiger charge is 2.23. The fourth-order valence-corrected chi connectivity index (χ4v) is 3.82. The lowest BCUT2D eigenvalue weighted by molar-refractivity contribution is -0.660. The Hall–Kier alpha value is -4.14. The molecule has 0 spiro atoms. The van der Waals surface area contributed by atoms with Crippen LogP contribution in [0.2, 0.25) is 0 Å². The molecule has 0 aliphatic rings. The number of benzene rings is 2. The Kier molecular flexibility index (Phi) is 6.91. The summed E-state index contributed by atoms with van der Waals surface area (Å²) in [5.41, 5.74) is 1.94. The maximum absolute atomic E-state index is 13.8. The van der Waals surface area contributed by atoms with Crippen LogP contribution in [0.4, 0.5) is 0 Å². The van der Waals surface area contributed by atoms with Gasteiger partial charge in [0.25, 0.3) is 12.0 Å². The first-order chi connectivity index (χ1) is 16.6. The molecule has 2 heterocycles. The largest absolute Gasteiger partial charge is 0.494 e. The number of rotatable bonds is 9. The molecule has 0 aliphatic heterocycles. The number of aromatic hydroxyl groups is 1. The highest BCUT2D eigenvalue weighted by Crippen LogP contribution is 2.33. The van der Waals surface area contributed by atoms with Crippen LogP contribution in [-0.2, 0) is 12.8 Å². The number of aryl methyl sites for hydroxylation is 1. The number of nitrogens with zero attached hydrogens (tertiary/aromatic N) is 4. The van der Waals surface area contributed by atoms with E-state index >= 15 is 0 Å². The van der Waals surface area contributed by atoms with Crippen LogP contribution < -0.4 is 19.7 Å². The summed E-state index contributed by atoms with van der Waals surface area (Å²) in [6.07, 6.45) is 5.27. The molecule has 9 nitrogen and oxygen atoms in total. The Morgan fingerprint density at radius 3 is 2.38 bits per heavy atom. The van der Waals surface area contributed by atoms with Gasteiger partial charge in [0, 0.05) is 30.1 Å². The fourth-order valence-electron chi connectivity index (χ4n) is 3.82. The third-order valence-corrected chi connectivity index (χ3v) is 5.58. The van der Waals surface area contributed by atoms with E-state index in [1.54, 1.807) is 22.9 Å². The van der Waals surface area contributed by atoms with Crippen LogP contribution in [0.15, 0.2) is 64.5 Å². The Labute approximate surface area is 196 Å². The molecule has 0 fully saturated rings. The lowest BCUT2D eigenvalue weighted by Crippen LogP contribution is -2.31. The van der Waals surface area contributed by atoms with Gasteiger partial charge in [-0.15, -0.1) is 0 Å². The zero-order chi connectivity index (χ0) is 24.1. The SMILES string of the molecule is CCCCc1nc(O)c(Cc2ccc(-[n+]3cocn3)cc2)c(=O)n1-c1c(OC)cccc1OC. The van der Waals surface area contributed by atoms with Gasteiger partial charge in [-0.1, -0.05) is 31.5 Å². The maximum Gasteiger partial charge on any atom is 0.367 e. The molecule has 1 N–H and O–H groups in total. The first-order valence-corrected chi connectivity index (χ1v) is 11.0. The Morgan fingerprint density at radius 2 is 1.79 bits per heavy atom. The monoisotopic (exact) mass is 463 g/mol. The summed E-state index contributed by atoms with van der Waals surface area (Å²) in [6, 6.07) is 12.8. The van der Waals surface area contributed by atoms with Crippen molar-refractivity contribution in [1.29, 1.82) is 0 Å². The summed E-state index contributed by atoms with van der Waals surface area (Å²) in [5, 5.41) is 14.8. The molecule has 4 rings (SSSR count). The number of methoxy groups -OCH3 is 2. The van der Waals surface area contributed by atoms with Crippen LogP contribution in [0.5, 0.6) is 17.4 Å². The van der Waals surface area contributed by atoms with E-state index in [2.05, 4.69) is 17.0 Å². The van der Waals surface area contributed by atoms with Gasteiger partial charge in [0.1, 0.15) is 23.0 Å². The Balaban J connectivity index is 1.82. The van der Waals surface area contributed by atoms with Crippen LogP contribution in [0.25, 0.3) is 11.4 Å². The first-order valence-electron chi connectivity index (χ1n) is 11.0. The maximum atomic E-state index is 13.8. The Bertz CT molecular complexity index is 1290. The van der Waals surface area contributed by atoms with Crippen LogP contribution in [0.1, 0.15) is 36.7 Å². The van der Waals surface area contributed by atoms with E-state index in [0.29, 0.717) is 29.4 Å². The molecule has 0 atom stereocenters. The predicted octanol–water partition coefficient (Wildman–Crippen LogP) is 3.15. The number of aromatic nitrogens is 4. The van der Waals surface area contributed by atoms with Crippen molar-refractivity contribution in [2.75, 3.05) is 14.2 Å². The average Bonchev–Trinajstić information content (AvgIpc) is 3.40. The lowest BCUT2D eigenvalue weighted by atomic mass is 10.1. The zero-order valence-corrected chi connectivity index (χ0v) is 19.4. The minimum atomic E-state index is -0.364. The molecule has 0 radical (unpaired) electrons. The van der Waals surface area contributed by atoms with Gasteiger partial charge < -0.3 is 19.0 Å². The number of hydrogen-bond donors (Lipinski definition) is 1. The molecule has 9 heteroatoms. The van der Waals surface area contributed by atoms with Crippen molar-refractivity contribution in [3.05, 3.63) is 82.6 Å². The highest BCUT2D eigenvalue weighted by atomic mass is 16.5. The molecule has 0 bridgehead atoms. The lowest BCUT2D eigenvalue weighted by Gasteiger charge is -2.19. The van der Waals surface area contributed by atoms with E-state index in [-0.39, 0.29) is 23.4 Å². The molecular formula is C25H27N4O5+. The second-order valence-electron chi connectivity index (χ2n) is 7.74. The quantitative estimate of drug-likeness (QED) is 0.380. The van der Waals surface area contributed by atoms with E-state index in [4.69, 9.17) is 13.9 Å². The van der Waals surface area contributed by atoms with Crippen molar-refractivity contribution >= 4 is 0 Å². The number of unbranched alkanes of at least 4 members (excludes halogenated alkanes) is 1. The molecule has 0 aliphatic carbocycles. The molecule has 0 amide bonds. The fraction of sp³-hybridized carbons (Fsp3) is 0.280. The Morgan fingerprint density at radius 1 is 1.09 bits per heavy atom. The minimum Gasteiger partial charge on any atom is -0.494 e. The van der Waals surface area contributed by atoms with E-state index in [9.17, 15) is 9.90 Å². The molecule has 2 aromatic heterocycles. The molecule has 34 heavy (non-hydrogen) atoms. The van der Waals surface area contributed by atoms with Crippen LogP contribution in [0.3, 0.4) is 0 Å². The molecular weight excluding hydrogens is 436 g/mol. The van der Waals surface area contributed by atoms with Crippen molar-refractivity contribution < 1.29 is 23.7 Å². The first kappa shape index (κ1) is 23.0. The molecule has 4 aromatic rings. The van der Waals surface area contributed by atoms with Crippen LogP contribution in [0, 0.1) is 0 Å². The zero-order valence-electron chi connectivity index (χ0n) is 19.4. The second-order valence-corrected chi connectivity index (χ2v) is 7.74. The van der Waals surface area contributed by atoms with E-state index in [1.807, 2.05) is 24.3 Å². The van der Waals surface area contributed by atoms with E-state index in [1.165, 1.54) is 31.6 Å². The number of ether oxygens (including phenoxy) is 2. The molecule has 0 saturated carbocycles. The summed E-state index contributed by atoms with van der Waals surface area (Å²) in [6.45, 7) is 2.06. The molecule has 0 saturated heterocycles. The van der Waals surface area contributed by atoms with Crippen molar-refractivity contribution in [3.8, 4) is 28.8 Å². The van der Waals surface area contributed by atoms with Crippen molar-refractivity contribution in [2.24, 2.45) is 0 Å². The second kappa shape index (κ2) is 10.2. The third kappa shape index (κ3) is 4.50. The normalized spacial score (nSPS) is 10.9. The van der Waals surface area contributed by atoms with Crippen molar-refractivity contribution in [3.63, 3.8) is 0 Å². The summed E-state index contributed by atoms with van der Waals surface area (Å²) in [5.74, 6) is 1.14. The molecule has 176 valence electrons. The van der Waals surface area contributed by atoms with Gasteiger partial charge in [0.15, 0.2) is 0 Å². The van der Waals surface area contributed by atoms with Gasteiger partial charge in [-0.2, -0.15) is 4.98 Å². The molecule has 0 unspecified atom stereocenters. The summed E-state index contributed by atoms with van der Waals surface area (Å²) >= 11 is 0. The third-order valence-electron chi connectivity index (χ3n) is 5.58. The van der Waals surface area contributed by atoms with Gasteiger partial charge in [-0.05, 0) is 28.8 Å². The van der Waals surface area contributed by atoms with Gasteiger partial charge >= 0.3 is 6.39 Å². The summed E-state index contributed by atoms with van der Waals surface area (Å²) < 4.78 is 19.2. The van der Waals surface area contributed by atoms with Gasteiger partial charge in [-0.25, -0.2) is 0 Å². The van der Waals surface area contributed by atoms with Crippen molar-refractivity contribution in [1.82, 2.24) is 14.6 Å². The summed E-state index contributed by atoms with van der Waals surface area (Å²) in [4.78, 5) is 18.2.